The summed E-state index contributed by atoms with van der Waals surface area (Å²) in [7, 11) is 0. The highest BCUT2D eigenvalue weighted by Crippen LogP contribution is 2.20. The van der Waals surface area contributed by atoms with Gasteiger partial charge in [0.25, 0.3) is 0 Å². The number of alkyl halides is 1. The predicted octanol–water partition coefficient (Wildman–Crippen LogP) is 3.23. The Kier molecular flexibility index (Phi) is 4.19. The smallest absolute Gasteiger partial charge is 0.151 e. The zero-order valence-corrected chi connectivity index (χ0v) is 9.18. The van der Waals surface area contributed by atoms with E-state index in [4.69, 9.17) is 11.6 Å². The van der Waals surface area contributed by atoms with Crippen LogP contribution in [-0.2, 0) is 4.79 Å². The second kappa shape index (κ2) is 5.20. The van der Waals surface area contributed by atoms with Gasteiger partial charge in [0.1, 0.15) is 0 Å². The lowest BCUT2D eigenvalue weighted by Crippen LogP contribution is -1.89. The van der Waals surface area contributed by atoms with Gasteiger partial charge in [-0.15, -0.1) is 0 Å². The van der Waals surface area contributed by atoms with Gasteiger partial charge in [-0.2, -0.15) is 0 Å². The summed E-state index contributed by atoms with van der Waals surface area (Å²) in [6.45, 7) is 0. The quantitative estimate of drug-likeness (QED) is 0.463. The van der Waals surface area contributed by atoms with Gasteiger partial charge in [-0.3, -0.25) is 4.79 Å². The maximum absolute atomic E-state index is 10.7. The Morgan fingerprint density at radius 2 is 2.00 bits per heavy atom. The number of hydrogen-bond acceptors (Lipinski definition) is 1. The molecule has 0 aliphatic carbocycles. The van der Waals surface area contributed by atoms with Crippen LogP contribution >= 0.6 is 27.5 Å². The second-order valence-electron chi connectivity index (χ2n) is 2.44. The summed E-state index contributed by atoms with van der Waals surface area (Å²) in [6.07, 6.45) is 0.777. The SMILES string of the molecule is O=C/C(=C(/Cl)CBr)c1ccccc1. The van der Waals surface area contributed by atoms with Crippen LogP contribution in [0.3, 0.4) is 0 Å². The minimum Gasteiger partial charge on any atom is -0.298 e. The number of allylic oxidation sites excluding steroid dienone is 2. The third kappa shape index (κ3) is 2.68. The lowest BCUT2D eigenvalue weighted by atomic mass is 10.1. The monoisotopic (exact) mass is 258 g/mol. The number of hydrogen-bond donors (Lipinski definition) is 0. The van der Waals surface area contributed by atoms with Crippen molar-refractivity contribution in [1.29, 1.82) is 0 Å². The van der Waals surface area contributed by atoms with Crippen LogP contribution in [0.5, 0.6) is 0 Å². The second-order valence-corrected chi connectivity index (χ2v) is 3.45. The highest BCUT2D eigenvalue weighted by Gasteiger charge is 2.04. The standard InChI is InChI=1S/C10H8BrClO/c11-6-10(12)9(7-13)8-4-2-1-3-5-8/h1-5,7H,6H2/b10-9-. The molecule has 0 N–H and O–H groups in total. The number of benzene rings is 1. The molecule has 0 saturated heterocycles. The number of carbonyl (C=O) groups excluding carboxylic acids is 1. The third-order valence-corrected chi connectivity index (χ3v) is 2.83. The Bertz CT molecular complexity index is 319. The summed E-state index contributed by atoms with van der Waals surface area (Å²) >= 11 is 9.07. The first-order valence-corrected chi connectivity index (χ1v) is 5.24. The summed E-state index contributed by atoms with van der Waals surface area (Å²) in [6, 6.07) is 9.35. The summed E-state index contributed by atoms with van der Waals surface area (Å²) in [5.74, 6) is 0. The van der Waals surface area contributed by atoms with E-state index < -0.39 is 0 Å². The molecule has 0 spiro atoms. The molecule has 0 bridgehead atoms. The summed E-state index contributed by atoms with van der Waals surface area (Å²) in [5, 5.41) is 1.03. The average Bonchev–Trinajstić information content (AvgIpc) is 2.20. The van der Waals surface area contributed by atoms with E-state index in [9.17, 15) is 4.79 Å². The van der Waals surface area contributed by atoms with Crippen LogP contribution < -0.4 is 0 Å². The molecular weight excluding hydrogens is 251 g/mol. The largest absolute Gasteiger partial charge is 0.298 e. The first-order valence-electron chi connectivity index (χ1n) is 3.74. The Balaban J connectivity index is 3.12. The molecule has 68 valence electrons. The first kappa shape index (κ1) is 10.5. The molecule has 0 saturated carbocycles. The van der Waals surface area contributed by atoms with E-state index >= 15 is 0 Å². The molecule has 3 heteroatoms. The van der Waals surface area contributed by atoms with Gasteiger partial charge in [0.15, 0.2) is 6.29 Å². The lowest BCUT2D eigenvalue weighted by Gasteiger charge is -2.01. The van der Waals surface area contributed by atoms with E-state index in [2.05, 4.69) is 15.9 Å². The molecule has 1 aromatic rings. The van der Waals surface area contributed by atoms with Crippen LogP contribution in [0.2, 0.25) is 0 Å². The van der Waals surface area contributed by atoms with Crippen molar-refractivity contribution in [2.75, 3.05) is 5.33 Å². The fraction of sp³-hybridized carbons (Fsp3) is 0.100. The molecule has 0 unspecified atom stereocenters. The van der Waals surface area contributed by atoms with Crippen molar-refractivity contribution < 1.29 is 4.79 Å². The summed E-state index contributed by atoms with van der Waals surface area (Å²) in [5.41, 5.74) is 1.39. The highest BCUT2D eigenvalue weighted by molar-refractivity contribution is 9.09. The molecular formula is C10H8BrClO. The lowest BCUT2D eigenvalue weighted by molar-refractivity contribution is -0.103. The molecule has 13 heavy (non-hydrogen) atoms. The molecule has 0 fully saturated rings. The van der Waals surface area contributed by atoms with Gasteiger partial charge < -0.3 is 0 Å². The number of aldehydes is 1. The van der Waals surface area contributed by atoms with Crippen molar-refractivity contribution in [3.05, 3.63) is 40.9 Å². The first-order chi connectivity index (χ1) is 6.29. The zero-order valence-electron chi connectivity index (χ0n) is 6.84. The van der Waals surface area contributed by atoms with Crippen molar-refractivity contribution in [3.8, 4) is 0 Å². The third-order valence-electron chi connectivity index (χ3n) is 1.61. The van der Waals surface area contributed by atoms with E-state index in [-0.39, 0.29) is 0 Å². The van der Waals surface area contributed by atoms with Crippen LogP contribution in [-0.4, -0.2) is 11.6 Å². The normalized spacial score (nSPS) is 12.2. The summed E-state index contributed by atoms with van der Waals surface area (Å²) in [4.78, 5) is 10.7. The van der Waals surface area contributed by atoms with Crippen LogP contribution in [0.4, 0.5) is 0 Å². The molecule has 0 aliphatic rings. The van der Waals surface area contributed by atoms with Crippen LogP contribution in [0, 0.1) is 0 Å². The maximum atomic E-state index is 10.7. The Morgan fingerprint density at radius 3 is 2.46 bits per heavy atom. The van der Waals surface area contributed by atoms with Gasteiger partial charge in [-0.05, 0) is 5.56 Å². The van der Waals surface area contributed by atoms with Crippen molar-refractivity contribution in [2.24, 2.45) is 0 Å². The van der Waals surface area contributed by atoms with E-state index in [0.29, 0.717) is 15.9 Å². The fourth-order valence-corrected chi connectivity index (χ4v) is 1.43. The molecule has 0 heterocycles. The van der Waals surface area contributed by atoms with Gasteiger partial charge in [-0.25, -0.2) is 0 Å². The number of carbonyl (C=O) groups is 1. The topological polar surface area (TPSA) is 17.1 Å². The molecule has 0 atom stereocenters. The Hall–Kier alpha value is -0.600. The molecule has 0 aromatic heterocycles. The van der Waals surface area contributed by atoms with E-state index in [0.717, 1.165) is 11.8 Å². The number of halogens is 2. The zero-order chi connectivity index (χ0) is 9.68. The van der Waals surface area contributed by atoms with Gasteiger partial charge in [0.05, 0.1) is 0 Å². The molecule has 0 aliphatic heterocycles. The van der Waals surface area contributed by atoms with Crippen molar-refractivity contribution >= 4 is 39.4 Å². The minimum absolute atomic E-state index is 0.498. The molecule has 1 aromatic carbocycles. The minimum atomic E-state index is 0.498. The summed E-state index contributed by atoms with van der Waals surface area (Å²) < 4.78 is 0. The van der Waals surface area contributed by atoms with Gasteiger partial charge in [0.2, 0.25) is 0 Å². The molecule has 1 rings (SSSR count). The van der Waals surface area contributed by atoms with Crippen molar-refractivity contribution in [2.45, 2.75) is 0 Å². The highest BCUT2D eigenvalue weighted by atomic mass is 79.9. The molecule has 0 radical (unpaired) electrons. The molecule has 1 nitrogen and oxygen atoms in total. The van der Waals surface area contributed by atoms with E-state index in [1.165, 1.54) is 0 Å². The Labute approximate surface area is 90.5 Å². The van der Waals surface area contributed by atoms with Gasteiger partial charge >= 0.3 is 0 Å². The van der Waals surface area contributed by atoms with E-state index in [1.54, 1.807) is 0 Å². The van der Waals surface area contributed by atoms with Crippen LogP contribution in [0.25, 0.3) is 5.57 Å². The van der Waals surface area contributed by atoms with Crippen LogP contribution in [0.1, 0.15) is 5.56 Å². The Morgan fingerprint density at radius 1 is 1.38 bits per heavy atom. The van der Waals surface area contributed by atoms with Crippen molar-refractivity contribution in [3.63, 3.8) is 0 Å². The van der Waals surface area contributed by atoms with Crippen molar-refractivity contribution in [1.82, 2.24) is 0 Å². The van der Waals surface area contributed by atoms with E-state index in [1.807, 2.05) is 30.3 Å². The van der Waals surface area contributed by atoms with Gasteiger partial charge in [-0.1, -0.05) is 57.9 Å². The predicted molar refractivity (Wildman–Crippen MR) is 59.1 cm³/mol. The van der Waals surface area contributed by atoms with Gasteiger partial charge in [0, 0.05) is 15.9 Å². The molecule has 0 amide bonds. The number of rotatable bonds is 3. The fourth-order valence-electron chi connectivity index (χ4n) is 0.978. The average molecular weight is 260 g/mol. The van der Waals surface area contributed by atoms with Crippen LogP contribution in [0.15, 0.2) is 35.4 Å². The maximum Gasteiger partial charge on any atom is 0.151 e.